The summed E-state index contributed by atoms with van der Waals surface area (Å²) in [6, 6.07) is 11.6. The van der Waals surface area contributed by atoms with Gasteiger partial charge >= 0.3 is 0 Å². The van der Waals surface area contributed by atoms with Crippen LogP contribution in [-0.2, 0) is 11.3 Å². The molecule has 0 spiro atoms. The Balaban J connectivity index is 1.52. The van der Waals surface area contributed by atoms with Crippen LogP contribution in [0.1, 0.15) is 5.82 Å². The van der Waals surface area contributed by atoms with E-state index < -0.39 is 6.04 Å². The number of aromatic nitrogens is 2. The number of halogens is 2. The number of H-pyrrole nitrogens is 1. The summed E-state index contributed by atoms with van der Waals surface area (Å²) in [5, 5.41) is 3.60. The Kier molecular flexibility index (Phi) is 5.43. The highest BCUT2D eigenvalue weighted by molar-refractivity contribution is 6.35. The molecule has 1 aromatic heterocycles. The lowest BCUT2D eigenvalue weighted by Gasteiger charge is -2.14. The number of carbonyl (C=O) groups is 1. The molecule has 0 aliphatic carbocycles. The topological polar surface area (TPSA) is 93.0 Å². The summed E-state index contributed by atoms with van der Waals surface area (Å²) in [4.78, 5) is 19.6. The first-order valence-corrected chi connectivity index (χ1v) is 8.33. The summed E-state index contributed by atoms with van der Waals surface area (Å²) in [6.45, 7) is 0.246. The Bertz CT molecular complexity index is 864. The van der Waals surface area contributed by atoms with Crippen molar-refractivity contribution in [2.75, 3.05) is 6.61 Å². The first-order chi connectivity index (χ1) is 12.0. The largest absolute Gasteiger partial charge is 0.490 e. The van der Waals surface area contributed by atoms with E-state index in [-0.39, 0.29) is 19.1 Å². The van der Waals surface area contributed by atoms with Crippen LogP contribution in [0.5, 0.6) is 5.75 Å². The van der Waals surface area contributed by atoms with Gasteiger partial charge in [-0.3, -0.25) is 4.79 Å². The lowest BCUT2D eigenvalue weighted by molar-refractivity contribution is -0.123. The van der Waals surface area contributed by atoms with E-state index >= 15 is 0 Å². The lowest BCUT2D eigenvalue weighted by Crippen LogP contribution is -2.44. The molecule has 8 heteroatoms. The number of hydrogen-bond acceptors (Lipinski definition) is 4. The third-order valence-electron chi connectivity index (χ3n) is 3.52. The average Bonchev–Trinajstić information content (AvgIpc) is 3.01. The van der Waals surface area contributed by atoms with Crippen LogP contribution in [-0.4, -0.2) is 28.5 Å². The number of ether oxygens (including phenoxy) is 1. The smallest absolute Gasteiger partial charge is 0.240 e. The van der Waals surface area contributed by atoms with Crippen molar-refractivity contribution in [1.29, 1.82) is 0 Å². The fraction of sp³-hybridized carbons (Fsp3) is 0.176. The van der Waals surface area contributed by atoms with Gasteiger partial charge in [-0.15, -0.1) is 0 Å². The molecule has 6 nitrogen and oxygen atoms in total. The van der Waals surface area contributed by atoms with Crippen molar-refractivity contribution in [2.45, 2.75) is 12.6 Å². The molecule has 1 unspecified atom stereocenters. The summed E-state index contributed by atoms with van der Waals surface area (Å²) >= 11 is 11.8. The van der Waals surface area contributed by atoms with Gasteiger partial charge in [-0.2, -0.15) is 0 Å². The molecule has 0 aliphatic rings. The van der Waals surface area contributed by atoms with Gasteiger partial charge in [0.1, 0.15) is 24.2 Å². The molecule has 3 rings (SSSR count). The van der Waals surface area contributed by atoms with Crippen LogP contribution >= 0.6 is 23.2 Å². The van der Waals surface area contributed by atoms with Gasteiger partial charge in [0.05, 0.1) is 22.6 Å². The third kappa shape index (κ3) is 4.42. The van der Waals surface area contributed by atoms with Crippen LogP contribution < -0.4 is 15.8 Å². The van der Waals surface area contributed by atoms with E-state index in [1.54, 1.807) is 18.2 Å². The van der Waals surface area contributed by atoms with E-state index in [1.165, 1.54) is 0 Å². The predicted molar refractivity (Wildman–Crippen MR) is 97.9 cm³/mol. The van der Waals surface area contributed by atoms with Gasteiger partial charge in [-0.1, -0.05) is 35.3 Å². The fourth-order valence-electron chi connectivity index (χ4n) is 2.24. The molecule has 0 radical (unpaired) electrons. The van der Waals surface area contributed by atoms with Gasteiger partial charge in [0.25, 0.3) is 0 Å². The number of rotatable bonds is 6. The lowest BCUT2D eigenvalue weighted by atomic mass is 10.3. The molecule has 0 saturated carbocycles. The Morgan fingerprint density at radius 3 is 2.84 bits per heavy atom. The number of carbonyl (C=O) groups excluding carboxylic acids is 1. The van der Waals surface area contributed by atoms with Gasteiger partial charge in [0.2, 0.25) is 5.91 Å². The standard InChI is InChI=1S/C17H16Cl2N4O2/c18-10-5-6-15(11(19)7-10)25-9-12(20)17(24)21-8-16-22-13-3-1-2-4-14(13)23-16/h1-7,12H,8-9,20H2,(H,21,24)(H,22,23). The maximum absolute atomic E-state index is 12.1. The van der Waals surface area contributed by atoms with E-state index in [0.29, 0.717) is 21.6 Å². The van der Waals surface area contributed by atoms with E-state index in [4.69, 9.17) is 33.7 Å². The van der Waals surface area contributed by atoms with Crippen molar-refractivity contribution in [1.82, 2.24) is 15.3 Å². The highest BCUT2D eigenvalue weighted by Gasteiger charge is 2.15. The molecule has 2 aromatic carbocycles. The van der Waals surface area contributed by atoms with Gasteiger partial charge in [0.15, 0.2) is 0 Å². The first-order valence-electron chi connectivity index (χ1n) is 7.57. The minimum Gasteiger partial charge on any atom is -0.490 e. The number of nitrogens with two attached hydrogens (primary N) is 1. The number of amides is 1. The summed E-state index contributed by atoms with van der Waals surface area (Å²) in [5.41, 5.74) is 7.61. The molecule has 4 N–H and O–H groups in total. The highest BCUT2D eigenvalue weighted by atomic mass is 35.5. The van der Waals surface area contributed by atoms with E-state index in [2.05, 4.69) is 15.3 Å². The Morgan fingerprint density at radius 1 is 1.28 bits per heavy atom. The number of nitrogens with one attached hydrogen (secondary N) is 2. The molecule has 130 valence electrons. The minimum absolute atomic E-state index is 0.00663. The summed E-state index contributed by atoms with van der Waals surface area (Å²) in [7, 11) is 0. The SMILES string of the molecule is NC(COc1ccc(Cl)cc1Cl)C(=O)NCc1nc2ccccc2[nH]1. The van der Waals surface area contributed by atoms with E-state index in [9.17, 15) is 4.79 Å². The second-order valence-electron chi connectivity index (χ2n) is 5.41. The normalized spacial score (nSPS) is 12.1. The van der Waals surface area contributed by atoms with Crippen LogP contribution in [0.25, 0.3) is 11.0 Å². The number of para-hydroxylation sites is 2. The Hall–Kier alpha value is -2.28. The molecule has 1 heterocycles. The van der Waals surface area contributed by atoms with E-state index in [0.717, 1.165) is 11.0 Å². The second-order valence-corrected chi connectivity index (χ2v) is 6.25. The Morgan fingerprint density at radius 2 is 2.08 bits per heavy atom. The average molecular weight is 379 g/mol. The summed E-state index contributed by atoms with van der Waals surface area (Å²) in [6.07, 6.45) is 0. The zero-order chi connectivity index (χ0) is 17.8. The Labute approximate surface area is 154 Å². The van der Waals surface area contributed by atoms with Gasteiger partial charge < -0.3 is 20.8 Å². The quantitative estimate of drug-likeness (QED) is 0.614. The molecule has 0 fully saturated rings. The minimum atomic E-state index is -0.837. The van der Waals surface area contributed by atoms with Crippen molar-refractivity contribution in [2.24, 2.45) is 5.73 Å². The molecule has 0 bridgehead atoms. The molecule has 0 saturated heterocycles. The number of aromatic amines is 1. The first kappa shape index (κ1) is 17.5. The van der Waals surface area contributed by atoms with Crippen molar-refractivity contribution in [3.05, 3.63) is 58.3 Å². The van der Waals surface area contributed by atoms with Crippen LogP contribution in [0, 0.1) is 0 Å². The second kappa shape index (κ2) is 7.74. The number of fused-ring (bicyclic) bond motifs is 1. The molecule has 1 amide bonds. The predicted octanol–water partition coefficient (Wildman–Crippen LogP) is 2.89. The maximum atomic E-state index is 12.1. The highest BCUT2D eigenvalue weighted by Crippen LogP contribution is 2.27. The molecule has 0 aliphatic heterocycles. The number of hydrogen-bond donors (Lipinski definition) is 3. The van der Waals surface area contributed by atoms with Gasteiger partial charge in [0, 0.05) is 5.02 Å². The van der Waals surface area contributed by atoms with Crippen molar-refractivity contribution >= 4 is 40.1 Å². The molecular formula is C17H16Cl2N4O2. The van der Waals surface area contributed by atoms with Crippen LogP contribution in [0.15, 0.2) is 42.5 Å². The van der Waals surface area contributed by atoms with Crippen molar-refractivity contribution < 1.29 is 9.53 Å². The number of imidazole rings is 1. The molecule has 25 heavy (non-hydrogen) atoms. The molecule has 1 atom stereocenters. The zero-order valence-corrected chi connectivity index (χ0v) is 14.6. The van der Waals surface area contributed by atoms with Crippen LogP contribution in [0.2, 0.25) is 10.0 Å². The number of nitrogens with zero attached hydrogens (tertiary/aromatic N) is 1. The zero-order valence-electron chi connectivity index (χ0n) is 13.1. The van der Waals surface area contributed by atoms with Crippen molar-refractivity contribution in [3.8, 4) is 5.75 Å². The fourth-order valence-corrected chi connectivity index (χ4v) is 2.70. The third-order valence-corrected chi connectivity index (χ3v) is 4.05. The monoisotopic (exact) mass is 378 g/mol. The number of benzene rings is 2. The summed E-state index contributed by atoms with van der Waals surface area (Å²) in [5.74, 6) is 0.737. The van der Waals surface area contributed by atoms with E-state index in [1.807, 2.05) is 24.3 Å². The van der Waals surface area contributed by atoms with Gasteiger partial charge in [-0.25, -0.2) is 4.98 Å². The van der Waals surface area contributed by atoms with Crippen LogP contribution in [0.4, 0.5) is 0 Å². The molecular weight excluding hydrogens is 363 g/mol. The maximum Gasteiger partial charge on any atom is 0.240 e. The van der Waals surface area contributed by atoms with Crippen LogP contribution in [0.3, 0.4) is 0 Å². The summed E-state index contributed by atoms with van der Waals surface area (Å²) < 4.78 is 5.47. The van der Waals surface area contributed by atoms with Crippen molar-refractivity contribution in [3.63, 3.8) is 0 Å². The molecule has 3 aromatic rings. The van der Waals surface area contributed by atoms with Gasteiger partial charge in [-0.05, 0) is 30.3 Å².